The number of nitrogens with one attached hydrogen (secondary N) is 2. The normalized spacial score (nSPS) is 17.0. The van der Waals surface area contributed by atoms with Gasteiger partial charge in [0.15, 0.2) is 0 Å². The first-order valence-corrected chi connectivity index (χ1v) is 6.51. The van der Waals surface area contributed by atoms with Crippen molar-refractivity contribution in [3.05, 3.63) is 17.5 Å². The van der Waals surface area contributed by atoms with Gasteiger partial charge in [-0.15, -0.1) is 0 Å². The average Bonchev–Trinajstić information content (AvgIpc) is 2.75. The van der Waals surface area contributed by atoms with E-state index in [2.05, 4.69) is 15.5 Å². The fourth-order valence-electron chi connectivity index (χ4n) is 2.16. The second-order valence-corrected chi connectivity index (χ2v) is 5.48. The highest BCUT2D eigenvalue weighted by Crippen LogP contribution is 2.40. The van der Waals surface area contributed by atoms with Crippen LogP contribution < -0.4 is 5.32 Å². The molecule has 1 aromatic heterocycles. The SMILES string of the molecule is CC(C)c1cc(C(=O)NCC2(C(=O)O)CCC2)n[nH]1. The van der Waals surface area contributed by atoms with Gasteiger partial charge in [-0.2, -0.15) is 5.10 Å². The van der Waals surface area contributed by atoms with E-state index in [1.807, 2.05) is 13.8 Å². The number of carboxylic acids is 1. The topological polar surface area (TPSA) is 95.1 Å². The molecule has 1 amide bonds. The van der Waals surface area contributed by atoms with Crippen LogP contribution >= 0.6 is 0 Å². The van der Waals surface area contributed by atoms with Crippen LogP contribution in [0.15, 0.2) is 6.07 Å². The Bertz CT molecular complexity index is 489. The molecule has 2 rings (SSSR count). The van der Waals surface area contributed by atoms with Crippen molar-refractivity contribution in [1.29, 1.82) is 0 Å². The lowest BCUT2D eigenvalue weighted by Gasteiger charge is -2.37. The number of aliphatic carboxylic acids is 1. The van der Waals surface area contributed by atoms with Crippen LogP contribution in [-0.4, -0.2) is 33.7 Å². The summed E-state index contributed by atoms with van der Waals surface area (Å²) >= 11 is 0. The van der Waals surface area contributed by atoms with Crippen molar-refractivity contribution in [3.63, 3.8) is 0 Å². The van der Waals surface area contributed by atoms with E-state index in [1.165, 1.54) is 0 Å². The first-order valence-electron chi connectivity index (χ1n) is 6.51. The minimum absolute atomic E-state index is 0.172. The average molecular weight is 265 g/mol. The van der Waals surface area contributed by atoms with Gasteiger partial charge in [0.25, 0.3) is 5.91 Å². The lowest BCUT2D eigenvalue weighted by atomic mass is 9.69. The van der Waals surface area contributed by atoms with Gasteiger partial charge < -0.3 is 10.4 Å². The van der Waals surface area contributed by atoms with Crippen molar-refractivity contribution < 1.29 is 14.7 Å². The zero-order chi connectivity index (χ0) is 14.0. The highest BCUT2D eigenvalue weighted by Gasteiger charge is 2.44. The van der Waals surface area contributed by atoms with Crippen molar-refractivity contribution in [2.24, 2.45) is 5.41 Å². The van der Waals surface area contributed by atoms with E-state index in [4.69, 9.17) is 0 Å². The Kier molecular flexibility index (Phi) is 3.59. The van der Waals surface area contributed by atoms with E-state index < -0.39 is 11.4 Å². The van der Waals surface area contributed by atoms with E-state index in [0.717, 1.165) is 12.1 Å². The lowest BCUT2D eigenvalue weighted by Crippen LogP contribution is -2.47. The Labute approximate surface area is 111 Å². The third-order valence-electron chi connectivity index (χ3n) is 3.80. The summed E-state index contributed by atoms with van der Waals surface area (Å²) in [4.78, 5) is 23.1. The summed E-state index contributed by atoms with van der Waals surface area (Å²) in [6.45, 7) is 4.18. The third-order valence-corrected chi connectivity index (χ3v) is 3.80. The van der Waals surface area contributed by atoms with Crippen LogP contribution in [0, 0.1) is 5.41 Å². The molecule has 1 saturated carbocycles. The predicted molar refractivity (Wildman–Crippen MR) is 68.9 cm³/mol. The Morgan fingerprint density at radius 1 is 1.53 bits per heavy atom. The molecule has 0 atom stereocenters. The highest BCUT2D eigenvalue weighted by atomic mass is 16.4. The van der Waals surface area contributed by atoms with Crippen LogP contribution in [0.3, 0.4) is 0 Å². The van der Waals surface area contributed by atoms with Gasteiger partial charge in [0.05, 0.1) is 5.41 Å². The molecule has 0 bridgehead atoms. The third kappa shape index (κ3) is 2.62. The quantitative estimate of drug-likeness (QED) is 0.752. The largest absolute Gasteiger partial charge is 0.481 e. The smallest absolute Gasteiger partial charge is 0.311 e. The summed E-state index contributed by atoms with van der Waals surface area (Å²) in [5.74, 6) is -0.884. The number of nitrogens with zero attached hydrogens (tertiary/aromatic N) is 1. The van der Waals surface area contributed by atoms with Crippen LogP contribution in [0.25, 0.3) is 0 Å². The summed E-state index contributed by atoms with van der Waals surface area (Å²) in [7, 11) is 0. The lowest BCUT2D eigenvalue weighted by molar-refractivity contribution is -0.153. The van der Waals surface area contributed by atoms with Gasteiger partial charge in [-0.05, 0) is 24.8 Å². The number of aromatic amines is 1. The van der Waals surface area contributed by atoms with Gasteiger partial charge in [-0.3, -0.25) is 14.7 Å². The molecule has 0 unspecified atom stereocenters. The van der Waals surface area contributed by atoms with Crippen LogP contribution in [-0.2, 0) is 4.79 Å². The molecule has 1 aromatic rings. The Morgan fingerprint density at radius 2 is 2.21 bits per heavy atom. The number of carboxylic acid groups (broad SMARTS) is 1. The van der Waals surface area contributed by atoms with Crippen LogP contribution in [0.1, 0.15) is 55.2 Å². The number of rotatable bonds is 5. The van der Waals surface area contributed by atoms with Gasteiger partial charge >= 0.3 is 5.97 Å². The molecule has 0 radical (unpaired) electrons. The molecular weight excluding hydrogens is 246 g/mol. The predicted octanol–water partition coefficient (Wildman–Crippen LogP) is 1.52. The number of carbonyl (C=O) groups is 2. The molecule has 6 nitrogen and oxygen atoms in total. The molecule has 6 heteroatoms. The Balaban J connectivity index is 1.95. The molecule has 0 spiro atoms. The minimum atomic E-state index is -0.830. The van der Waals surface area contributed by atoms with E-state index in [-0.39, 0.29) is 18.4 Å². The van der Waals surface area contributed by atoms with Gasteiger partial charge in [-0.1, -0.05) is 20.3 Å². The second-order valence-electron chi connectivity index (χ2n) is 5.48. The number of carbonyl (C=O) groups excluding carboxylic acids is 1. The Morgan fingerprint density at radius 3 is 2.63 bits per heavy atom. The van der Waals surface area contributed by atoms with E-state index >= 15 is 0 Å². The van der Waals surface area contributed by atoms with Crippen molar-refractivity contribution in [2.75, 3.05) is 6.54 Å². The molecule has 104 valence electrons. The zero-order valence-corrected chi connectivity index (χ0v) is 11.2. The maximum atomic E-state index is 11.9. The molecule has 3 N–H and O–H groups in total. The Hall–Kier alpha value is -1.85. The first kappa shape index (κ1) is 13.6. The molecule has 0 saturated heterocycles. The van der Waals surface area contributed by atoms with E-state index in [0.29, 0.717) is 18.5 Å². The number of aromatic nitrogens is 2. The van der Waals surface area contributed by atoms with Crippen molar-refractivity contribution in [1.82, 2.24) is 15.5 Å². The minimum Gasteiger partial charge on any atom is -0.481 e. The number of hydrogen-bond acceptors (Lipinski definition) is 3. The highest BCUT2D eigenvalue weighted by molar-refractivity contribution is 5.92. The number of hydrogen-bond donors (Lipinski definition) is 3. The number of H-pyrrole nitrogens is 1. The standard InChI is InChI=1S/C13H19N3O3/c1-8(2)9-6-10(16-15-9)11(17)14-7-13(12(18)19)4-3-5-13/h6,8H,3-5,7H2,1-2H3,(H,14,17)(H,15,16)(H,18,19). The monoisotopic (exact) mass is 265 g/mol. The van der Waals surface area contributed by atoms with Crippen LogP contribution in [0.5, 0.6) is 0 Å². The summed E-state index contributed by atoms with van der Waals surface area (Å²) in [5, 5.41) is 18.6. The van der Waals surface area contributed by atoms with Crippen molar-refractivity contribution >= 4 is 11.9 Å². The fourth-order valence-corrected chi connectivity index (χ4v) is 2.16. The number of amides is 1. The second kappa shape index (κ2) is 5.03. The van der Waals surface area contributed by atoms with Gasteiger partial charge in [0, 0.05) is 12.2 Å². The molecule has 1 heterocycles. The molecule has 1 aliphatic carbocycles. The maximum absolute atomic E-state index is 11.9. The molecule has 1 aliphatic rings. The van der Waals surface area contributed by atoms with Crippen LogP contribution in [0.4, 0.5) is 0 Å². The molecular formula is C13H19N3O3. The van der Waals surface area contributed by atoms with Crippen LogP contribution in [0.2, 0.25) is 0 Å². The van der Waals surface area contributed by atoms with Crippen molar-refractivity contribution in [3.8, 4) is 0 Å². The fraction of sp³-hybridized carbons (Fsp3) is 0.615. The van der Waals surface area contributed by atoms with E-state index in [9.17, 15) is 14.7 Å². The van der Waals surface area contributed by atoms with Gasteiger partial charge in [0.1, 0.15) is 5.69 Å². The van der Waals surface area contributed by atoms with Gasteiger partial charge in [-0.25, -0.2) is 0 Å². The maximum Gasteiger partial charge on any atom is 0.311 e. The van der Waals surface area contributed by atoms with Gasteiger partial charge in [0.2, 0.25) is 0 Å². The summed E-state index contributed by atoms with van der Waals surface area (Å²) < 4.78 is 0. The molecule has 0 aliphatic heterocycles. The molecule has 0 aromatic carbocycles. The zero-order valence-electron chi connectivity index (χ0n) is 11.2. The molecule has 1 fully saturated rings. The van der Waals surface area contributed by atoms with E-state index in [1.54, 1.807) is 6.07 Å². The summed E-state index contributed by atoms with van der Waals surface area (Å²) in [5.41, 5.74) is 0.428. The summed E-state index contributed by atoms with van der Waals surface area (Å²) in [6, 6.07) is 1.70. The van der Waals surface area contributed by atoms with Crippen molar-refractivity contribution in [2.45, 2.75) is 39.0 Å². The molecule has 19 heavy (non-hydrogen) atoms. The first-order chi connectivity index (χ1) is 8.94. The summed E-state index contributed by atoms with van der Waals surface area (Å²) in [6.07, 6.45) is 2.16.